The molecular weight excluding hydrogens is 158 g/mol. The van der Waals surface area contributed by atoms with Gasteiger partial charge >= 0.3 is 0 Å². The Balaban J connectivity index is 2.28. The van der Waals surface area contributed by atoms with Gasteiger partial charge < -0.3 is 20.3 Å². The van der Waals surface area contributed by atoms with Crippen LogP contribution in [0.3, 0.4) is 0 Å². The number of nitrogens with one attached hydrogen (secondary N) is 1. The van der Waals surface area contributed by atoms with Crippen molar-refractivity contribution in [2.75, 3.05) is 19.8 Å². The molecule has 3 N–H and O–H groups in total. The summed E-state index contributed by atoms with van der Waals surface area (Å²) in [5.41, 5.74) is 0. The fraction of sp³-hybridized carbons (Fsp3) is 1.00. The van der Waals surface area contributed by atoms with Gasteiger partial charge in [0.2, 0.25) is 0 Å². The zero-order valence-electron chi connectivity index (χ0n) is 7.36. The number of ether oxygens (including phenoxy) is 1. The van der Waals surface area contributed by atoms with Crippen molar-refractivity contribution in [3.8, 4) is 0 Å². The first-order valence-electron chi connectivity index (χ1n) is 4.40. The molecule has 0 aromatic heterocycles. The Morgan fingerprint density at radius 1 is 1.58 bits per heavy atom. The zero-order valence-corrected chi connectivity index (χ0v) is 7.36. The van der Waals surface area contributed by atoms with E-state index in [2.05, 4.69) is 5.32 Å². The molecular formula is C8H17NO3. The fourth-order valence-electron chi connectivity index (χ4n) is 1.30. The first-order chi connectivity index (χ1) is 5.77. The molecule has 4 nitrogen and oxygen atoms in total. The van der Waals surface area contributed by atoms with Crippen LogP contribution in [0.2, 0.25) is 0 Å². The van der Waals surface area contributed by atoms with Gasteiger partial charge in [0.15, 0.2) is 0 Å². The molecule has 1 heterocycles. The minimum atomic E-state index is -0.425. The highest BCUT2D eigenvalue weighted by Crippen LogP contribution is 2.06. The van der Waals surface area contributed by atoms with Crippen molar-refractivity contribution in [3.05, 3.63) is 0 Å². The summed E-state index contributed by atoms with van der Waals surface area (Å²) in [7, 11) is 0. The molecule has 0 radical (unpaired) electrons. The summed E-state index contributed by atoms with van der Waals surface area (Å²) >= 11 is 0. The van der Waals surface area contributed by atoms with Crippen LogP contribution >= 0.6 is 0 Å². The summed E-state index contributed by atoms with van der Waals surface area (Å²) in [4.78, 5) is 0. The second-order valence-electron chi connectivity index (χ2n) is 3.17. The van der Waals surface area contributed by atoms with Gasteiger partial charge in [-0.15, -0.1) is 0 Å². The normalized spacial score (nSPS) is 32.2. The predicted molar refractivity (Wildman–Crippen MR) is 44.9 cm³/mol. The molecule has 1 aliphatic heterocycles. The van der Waals surface area contributed by atoms with Crippen LogP contribution < -0.4 is 5.32 Å². The Kier molecular flexibility index (Phi) is 3.94. The van der Waals surface area contributed by atoms with Crippen LogP contribution in [0.25, 0.3) is 0 Å². The summed E-state index contributed by atoms with van der Waals surface area (Å²) in [6.45, 7) is 3.05. The Morgan fingerprint density at radius 3 is 2.75 bits per heavy atom. The van der Waals surface area contributed by atoms with Crippen LogP contribution in [-0.4, -0.2) is 48.2 Å². The Bertz CT molecular complexity index is 127. The van der Waals surface area contributed by atoms with Crippen LogP contribution in [0.5, 0.6) is 0 Å². The molecule has 12 heavy (non-hydrogen) atoms. The molecule has 1 unspecified atom stereocenters. The van der Waals surface area contributed by atoms with Gasteiger partial charge in [-0.3, -0.25) is 0 Å². The first-order valence-corrected chi connectivity index (χ1v) is 4.40. The highest BCUT2D eigenvalue weighted by atomic mass is 16.5. The maximum absolute atomic E-state index is 9.36. The highest BCUT2D eigenvalue weighted by molar-refractivity contribution is 4.83. The molecule has 1 rings (SSSR count). The smallest absolute Gasteiger partial charge is 0.0948 e. The quantitative estimate of drug-likeness (QED) is 0.518. The summed E-state index contributed by atoms with van der Waals surface area (Å²) in [6.07, 6.45) is 0.435. The fourth-order valence-corrected chi connectivity index (χ4v) is 1.30. The Labute approximate surface area is 72.5 Å². The molecule has 0 bridgehead atoms. The molecule has 1 saturated heterocycles. The van der Waals surface area contributed by atoms with Crippen LogP contribution in [0.1, 0.15) is 13.3 Å². The summed E-state index contributed by atoms with van der Waals surface area (Å²) in [5, 5.41) is 21.4. The van der Waals surface area contributed by atoms with Crippen molar-refractivity contribution in [1.29, 1.82) is 0 Å². The molecule has 3 atom stereocenters. The molecule has 0 aliphatic carbocycles. The van der Waals surface area contributed by atoms with Gasteiger partial charge in [0, 0.05) is 6.04 Å². The largest absolute Gasteiger partial charge is 0.395 e. The minimum Gasteiger partial charge on any atom is -0.395 e. The van der Waals surface area contributed by atoms with Crippen molar-refractivity contribution in [1.82, 2.24) is 5.32 Å². The van der Waals surface area contributed by atoms with Crippen molar-refractivity contribution in [2.24, 2.45) is 0 Å². The van der Waals surface area contributed by atoms with Crippen LogP contribution in [0.15, 0.2) is 0 Å². The second-order valence-corrected chi connectivity index (χ2v) is 3.17. The van der Waals surface area contributed by atoms with E-state index in [1.165, 1.54) is 0 Å². The third-order valence-corrected chi connectivity index (χ3v) is 2.21. The lowest BCUT2D eigenvalue weighted by Gasteiger charge is -2.20. The van der Waals surface area contributed by atoms with E-state index >= 15 is 0 Å². The third kappa shape index (κ3) is 2.42. The lowest BCUT2D eigenvalue weighted by molar-refractivity contribution is 0.118. The van der Waals surface area contributed by atoms with E-state index in [9.17, 15) is 5.11 Å². The van der Waals surface area contributed by atoms with Gasteiger partial charge in [0.1, 0.15) is 0 Å². The summed E-state index contributed by atoms with van der Waals surface area (Å²) in [6, 6.07) is 0.0634. The van der Waals surface area contributed by atoms with Crippen LogP contribution in [-0.2, 0) is 4.74 Å². The van der Waals surface area contributed by atoms with Gasteiger partial charge in [-0.05, 0) is 6.42 Å². The lowest BCUT2D eigenvalue weighted by Crippen LogP contribution is -2.46. The van der Waals surface area contributed by atoms with E-state index in [0.29, 0.717) is 13.2 Å². The topological polar surface area (TPSA) is 61.7 Å². The molecule has 1 aliphatic rings. The van der Waals surface area contributed by atoms with E-state index in [4.69, 9.17) is 9.84 Å². The van der Waals surface area contributed by atoms with E-state index < -0.39 is 6.10 Å². The van der Waals surface area contributed by atoms with Gasteiger partial charge in [-0.1, -0.05) is 6.92 Å². The summed E-state index contributed by atoms with van der Waals surface area (Å²) < 4.78 is 5.07. The van der Waals surface area contributed by atoms with Gasteiger partial charge in [0.05, 0.1) is 32.0 Å². The Morgan fingerprint density at radius 2 is 2.33 bits per heavy atom. The SMILES string of the molecule is CCC(CO)N[C@@H]1COC[C@H]1O. The number of hydrogen-bond donors (Lipinski definition) is 3. The Hall–Kier alpha value is -0.160. The summed E-state index contributed by atoms with van der Waals surface area (Å²) in [5.74, 6) is 0. The number of hydrogen-bond acceptors (Lipinski definition) is 4. The molecule has 0 aromatic rings. The molecule has 0 spiro atoms. The van der Waals surface area contributed by atoms with E-state index in [0.717, 1.165) is 6.42 Å². The van der Waals surface area contributed by atoms with Crippen molar-refractivity contribution in [3.63, 3.8) is 0 Å². The van der Waals surface area contributed by atoms with Crippen LogP contribution in [0.4, 0.5) is 0 Å². The van der Waals surface area contributed by atoms with Crippen molar-refractivity contribution >= 4 is 0 Å². The maximum atomic E-state index is 9.36. The van der Waals surface area contributed by atoms with Crippen molar-refractivity contribution in [2.45, 2.75) is 31.5 Å². The molecule has 0 saturated carbocycles. The minimum absolute atomic E-state index is 0.0119. The molecule has 72 valence electrons. The predicted octanol–water partition coefficient (Wildman–Crippen LogP) is -0.893. The zero-order chi connectivity index (χ0) is 8.97. The molecule has 4 heteroatoms. The highest BCUT2D eigenvalue weighted by Gasteiger charge is 2.27. The number of rotatable bonds is 4. The van der Waals surface area contributed by atoms with E-state index in [-0.39, 0.29) is 18.7 Å². The van der Waals surface area contributed by atoms with Crippen molar-refractivity contribution < 1.29 is 14.9 Å². The molecule has 1 fully saturated rings. The van der Waals surface area contributed by atoms with E-state index in [1.54, 1.807) is 0 Å². The molecule has 0 aromatic carbocycles. The van der Waals surface area contributed by atoms with Gasteiger partial charge in [0.25, 0.3) is 0 Å². The average molecular weight is 175 g/mol. The number of aliphatic hydroxyl groups is 2. The second kappa shape index (κ2) is 4.77. The van der Waals surface area contributed by atoms with Gasteiger partial charge in [-0.2, -0.15) is 0 Å². The third-order valence-electron chi connectivity index (χ3n) is 2.21. The standard InChI is InChI=1S/C8H17NO3/c1-2-6(3-10)9-7-4-12-5-8(7)11/h6-11H,2-5H2,1H3/t6?,7-,8-/m1/s1. The lowest BCUT2D eigenvalue weighted by atomic mass is 10.1. The monoisotopic (exact) mass is 175 g/mol. The van der Waals surface area contributed by atoms with E-state index in [1.807, 2.05) is 6.92 Å². The maximum Gasteiger partial charge on any atom is 0.0948 e. The first kappa shape index (κ1) is 9.92. The number of aliphatic hydroxyl groups excluding tert-OH is 2. The van der Waals surface area contributed by atoms with Gasteiger partial charge in [-0.25, -0.2) is 0 Å². The average Bonchev–Trinajstić information content (AvgIpc) is 2.47. The molecule has 0 amide bonds. The van der Waals surface area contributed by atoms with Crippen LogP contribution in [0, 0.1) is 0 Å².